The van der Waals surface area contributed by atoms with Crippen molar-refractivity contribution in [2.45, 2.75) is 32.6 Å². The molecule has 152 valence electrons. The third kappa shape index (κ3) is 4.39. The molecule has 4 aromatic rings. The van der Waals surface area contributed by atoms with Gasteiger partial charge in [-0.3, -0.25) is 0 Å². The molecule has 4 aromatic carbocycles. The first-order valence-corrected chi connectivity index (χ1v) is 11.3. The minimum atomic E-state index is 1.03. The minimum absolute atomic E-state index is 1.03. The Bertz CT molecular complexity index is 1190. The van der Waals surface area contributed by atoms with E-state index in [1.54, 1.807) is 0 Å². The molecular weight excluding hydrogens is 372 g/mol. The number of benzene rings is 4. The summed E-state index contributed by atoms with van der Waals surface area (Å²) in [5.41, 5.74) is 12.4. The first-order chi connectivity index (χ1) is 15.3. The van der Waals surface area contributed by atoms with Crippen molar-refractivity contribution in [3.8, 4) is 11.1 Å². The molecule has 0 radical (unpaired) electrons. The van der Waals surface area contributed by atoms with Gasteiger partial charge in [0, 0.05) is 0 Å². The van der Waals surface area contributed by atoms with Crippen molar-refractivity contribution in [3.05, 3.63) is 130 Å². The molecule has 0 saturated heterocycles. The SMILES string of the molecule is CCc1ccc(CCc2ccc3c(c2)C=C(c2ccc(-c4ccccc4)cc2)C3)cc1. The Morgan fingerprint density at radius 1 is 0.581 bits per heavy atom. The van der Waals surface area contributed by atoms with E-state index < -0.39 is 0 Å². The van der Waals surface area contributed by atoms with Crippen LogP contribution in [0.2, 0.25) is 0 Å². The highest BCUT2D eigenvalue weighted by Gasteiger charge is 2.14. The lowest BCUT2D eigenvalue weighted by Crippen LogP contribution is -1.93. The zero-order chi connectivity index (χ0) is 21.0. The van der Waals surface area contributed by atoms with Crippen LogP contribution in [0, 0.1) is 0 Å². The lowest BCUT2D eigenvalue weighted by atomic mass is 9.98. The molecule has 0 saturated carbocycles. The van der Waals surface area contributed by atoms with Crippen molar-refractivity contribution in [2.24, 2.45) is 0 Å². The number of fused-ring (bicyclic) bond motifs is 1. The summed E-state index contributed by atoms with van der Waals surface area (Å²) in [6.45, 7) is 2.21. The van der Waals surface area contributed by atoms with Gasteiger partial charge in [-0.25, -0.2) is 0 Å². The molecule has 5 rings (SSSR count). The van der Waals surface area contributed by atoms with Crippen LogP contribution in [-0.2, 0) is 25.7 Å². The average molecular weight is 401 g/mol. The first-order valence-electron chi connectivity index (χ1n) is 11.3. The molecule has 0 atom stereocenters. The van der Waals surface area contributed by atoms with Gasteiger partial charge < -0.3 is 0 Å². The van der Waals surface area contributed by atoms with Gasteiger partial charge in [-0.2, -0.15) is 0 Å². The van der Waals surface area contributed by atoms with Gasteiger partial charge in [0.2, 0.25) is 0 Å². The van der Waals surface area contributed by atoms with Gasteiger partial charge in [0.15, 0.2) is 0 Å². The Morgan fingerprint density at radius 3 is 1.94 bits per heavy atom. The molecule has 0 bridgehead atoms. The number of hydrogen-bond donors (Lipinski definition) is 0. The summed E-state index contributed by atoms with van der Waals surface area (Å²) >= 11 is 0. The number of aryl methyl sites for hydroxylation is 3. The number of allylic oxidation sites excluding steroid dienone is 1. The average Bonchev–Trinajstić information content (AvgIpc) is 3.27. The molecule has 31 heavy (non-hydrogen) atoms. The van der Waals surface area contributed by atoms with Crippen LogP contribution in [0.5, 0.6) is 0 Å². The highest BCUT2D eigenvalue weighted by Crippen LogP contribution is 2.33. The Kier molecular flexibility index (Phi) is 5.54. The van der Waals surface area contributed by atoms with E-state index in [1.165, 1.54) is 50.1 Å². The molecule has 0 amide bonds. The normalized spacial score (nSPS) is 12.5. The van der Waals surface area contributed by atoms with Crippen LogP contribution in [-0.4, -0.2) is 0 Å². The third-order valence-electron chi connectivity index (χ3n) is 6.42. The maximum absolute atomic E-state index is 2.39. The van der Waals surface area contributed by atoms with Crippen molar-refractivity contribution < 1.29 is 0 Å². The molecule has 0 N–H and O–H groups in total. The highest BCUT2D eigenvalue weighted by molar-refractivity contribution is 5.89. The second-order valence-corrected chi connectivity index (χ2v) is 8.49. The minimum Gasteiger partial charge on any atom is -0.0622 e. The summed E-state index contributed by atoms with van der Waals surface area (Å²) in [5.74, 6) is 0. The zero-order valence-electron chi connectivity index (χ0n) is 18.1. The molecular formula is C31H28. The monoisotopic (exact) mass is 400 g/mol. The standard InChI is InChI=1S/C31H28/c1-2-23-8-10-24(11-9-23)12-13-25-14-15-29-21-31(22-30(29)20-25)28-18-16-27(17-19-28)26-6-4-3-5-7-26/h3-11,14-20,22H,2,12-13,21H2,1H3. The van der Waals surface area contributed by atoms with Gasteiger partial charge in [-0.15, -0.1) is 0 Å². The van der Waals surface area contributed by atoms with Crippen molar-refractivity contribution in [1.82, 2.24) is 0 Å². The Hall–Kier alpha value is -3.38. The smallest absolute Gasteiger partial charge is 0.00137 e. The fourth-order valence-corrected chi connectivity index (χ4v) is 4.46. The second kappa shape index (κ2) is 8.78. The number of rotatable bonds is 6. The molecule has 0 spiro atoms. The van der Waals surface area contributed by atoms with Gasteiger partial charge in [0.25, 0.3) is 0 Å². The predicted octanol–water partition coefficient (Wildman–Crippen LogP) is 7.80. The van der Waals surface area contributed by atoms with E-state index in [2.05, 4.69) is 110 Å². The van der Waals surface area contributed by atoms with Crippen LogP contribution < -0.4 is 0 Å². The highest BCUT2D eigenvalue weighted by atomic mass is 14.2. The Balaban J connectivity index is 1.29. The maximum atomic E-state index is 2.39. The maximum Gasteiger partial charge on any atom is -0.00137 e. The van der Waals surface area contributed by atoms with E-state index in [0.717, 1.165) is 25.7 Å². The molecule has 0 unspecified atom stereocenters. The van der Waals surface area contributed by atoms with Crippen molar-refractivity contribution >= 4 is 11.6 Å². The molecule has 1 aliphatic rings. The molecule has 1 aliphatic carbocycles. The summed E-state index contributed by atoms with van der Waals surface area (Å²) in [4.78, 5) is 0. The molecule has 0 fully saturated rings. The van der Waals surface area contributed by atoms with Gasteiger partial charge in [-0.05, 0) is 75.8 Å². The lowest BCUT2D eigenvalue weighted by Gasteiger charge is -2.06. The van der Waals surface area contributed by atoms with Crippen LogP contribution in [0.4, 0.5) is 0 Å². The molecule has 0 heteroatoms. The van der Waals surface area contributed by atoms with Gasteiger partial charge >= 0.3 is 0 Å². The molecule has 0 aromatic heterocycles. The van der Waals surface area contributed by atoms with Crippen molar-refractivity contribution in [3.63, 3.8) is 0 Å². The van der Waals surface area contributed by atoms with E-state index in [9.17, 15) is 0 Å². The summed E-state index contributed by atoms with van der Waals surface area (Å²) in [7, 11) is 0. The van der Waals surface area contributed by atoms with Gasteiger partial charge in [0.05, 0.1) is 0 Å². The van der Waals surface area contributed by atoms with Gasteiger partial charge in [0.1, 0.15) is 0 Å². The van der Waals surface area contributed by atoms with E-state index >= 15 is 0 Å². The largest absolute Gasteiger partial charge is 0.0622 e. The first kappa shape index (κ1) is 19.6. The molecule has 0 heterocycles. The summed E-state index contributed by atoms with van der Waals surface area (Å²) < 4.78 is 0. The van der Waals surface area contributed by atoms with Crippen LogP contribution in [0.3, 0.4) is 0 Å². The summed E-state index contributed by atoms with van der Waals surface area (Å²) in [5, 5.41) is 0. The van der Waals surface area contributed by atoms with E-state index in [1.807, 2.05) is 0 Å². The fraction of sp³-hybridized carbons (Fsp3) is 0.161. The molecule has 0 nitrogen and oxygen atoms in total. The van der Waals surface area contributed by atoms with E-state index in [4.69, 9.17) is 0 Å². The van der Waals surface area contributed by atoms with Crippen LogP contribution in [0.1, 0.15) is 40.3 Å². The van der Waals surface area contributed by atoms with Gasteiger partial charge in [-0.1, -0.05) is 110 Å². The quantitative estimate of drug-likeness (QED) is 0.310. The lowest BCUT2D eigenvalue weighted by molar-refractivity contribution is 0.955. The Labute approximate surface area is 185 Å². The predicted molar refractivity (Wildman–Crippen MR) is 133 cm³/mol. The van der Waals surface area contributed by atoms with Crippen LogP contribution >= 0.6 is 0 Å². The second-order valence-electron chi connectivity index (χ2n) is 8.49. The zero-order valence-corrected chi connectivity index (χ0v) is 18.1. The topological polar surface area (TPSA) is 0 Å². The summed E-state index contributed by atoms with van der Waals surface area (Å²) in [6.07, 6.45) is 6.70. The third-order valence-corrected chi connectivity index (χ3v) is 6.42. The van der Waals surface area contributed by atoms with E-state index in [0.29, 0.717) is 0 Å². The van der Waals surface area contributed by atoms with Crippen molar-refractivity contribution in [2.75, 3.05) is 0 Å². The number of hydrogen-bond acceptors (Lipinski definition) is 0. The fourth-order valence-electron chi connectivity index (χ4n) is 4.46. The Morgan fingerprint density at radius 2 is 1.19 bits per heavy atom. The van der Waals surface area contributed by atoms with E-state index in [-0.39, 0.29) is 0 Å². The van der Waals surface area contributed by atoms with Crippen LogP contribution in [0.25, 0.3) is 22.8 Å². The molecule has 0 aliphatic heterocycles. The summed E-state index contributed by atoms with van der Waals surface area (Å²) in [6, 6.07) is 35.7. The van der Waals surface area contributed by atoms with Crippen LogP contribution in [0.15, 0.2) is 97.1 Å². The van der Waals surface area contributed by atoms with Crippen molar-refractivity contribution in [1.29, 1.82) is 0 Å².